The minimum atomic E-state index is -0.585. The van der Waals surface area contributed by atoms with Crippen LogP contribution >= 0.6 is 0 Å². The van der Waals surface area contributed by atoms with Crippen molar-refractivity contribution < 1.29 is 13.9 Å². The van der Waals surface area contributed by atoms with Crippen molar-refractivity contribution in [3.05, 3.63) is 28.8 Å². The van der Waals surface area contributed by atoms with Gasteiger partial charge in [-0.1, -0.05) is 13.8 Å². The van der Waals surface area contributed by atoms with E-state index in [9.17, 15) is 9.18 Å². The number of benzene rings is 1. The van der Waals surface area contributed by atoms with Gasteiger partial charge in [0.05, 0.1) is 5.56 Å². The third-order valence-corrected chi connectivity index (χ3v) is 4.35. The highest BCUT2D eigenvalue weighted by atomic mass is 19.1. The molecule has 2 rings (SSSR count). The van der Waals surface area contributed by atoms with E-state index in [1.807, 2.05) is 12.1 Å². The Labute approximate surface area is 137 Å². The van der Waals surface area contributed by atoms with E-state index in [0.29, 0.717) is 17.4 Å². The normalized spacial score (nSPS) is 16.6. The second-order valence-electron chi connectivity index (χ2n) is 6.12. The van der Waals surface area contributed by atoms with Crippen molar-refractivity contribution in [1.82, 2.24) is 4.90 Å². The van der Waals surface area contributed by atoms with E-state index in [1.54, 1.807) is 0 Å². The molecule has 0 aliphatic heterocycles. The fourth-order valence-electron chi connectivity index (χ4n) is 3.40. The van der Waals surface area contributed by atoms with Crippen molar-refractivity contribution in [2.24, 2.45) is 5.73 Å². The van der Waals surface area contributed by atoms with Gasteiger partial charge in [0.2, 0.25) is 0 Å². The van der Waals surface area contributed by atoms with E-state index in [4.69, 9.17) is 10.5 Å². The Kier molecular flexibility index (Phi) is 6.39. The lowest BCUT2D eigenvalue weighted by Gasteiger charge is -2.27. The molecule has 1 amide bonds. The maximum atomic E-state index is 12.4. The molecular weight excluding hydrogens is 295 g/mol. The maximum Gasteiger partial charge on any atom is 0.252 e. The Hall–Kier alpha value is -1.62. The summed E-state index contributed by atoms with van der Waals surface area (Å²) in [7, 11) is 0. The molecule has 0 radical (unpaired) electrons. The smallest absolute Gasteiger partial charge is 0.252 e. The van der Waals surface area contributed by atoms with Gasteiger partial charge in [-0.15, -0.1) is 0 Å². The summed E-state index contributed by atoms with van der Waals surface area (Å²) >= 11 is 0. The molecule has 0 heterocycles. The van der Waals surface area contributed by atoms with Gasteiger partial charge < -0.3 is 10.5 Å². The lowest BCUT2D eigenvalue weighted by Crippen LogP contribution is -2.37. The van der Waals surface area contributed by atoms with E-state index in [1.165, 1.54) is 5.56 Å². The minimum Gasteiger partial charge on any atom is -0.490 e. The van der Waals surface area contributed by atoms with Crippen LogP contribution in [0.5, 0.6) is 5.75 Å². The van der Waals surface area contributed by atoms with Crippen LogP contribution in [0.1, 0.15) is 48.2 Å². The first-order valence-corrected chi connectivity index (χ1v) is 8.49. The van der Waals surface area contributed by atoms with Gasteiger partial charge in [0.25, 0.3) is 5.91 Å². The van der Waals surface area contributed by atoms with Crippen LogP contribution in [0.25, 0.3) is 0 Å². The molecule has 4 nitrogen and oxygen atoms in total. The summed E-state index contributed by atoms with van der Waals surface area (Å²) < 4.78 is 17.7. The second kappa shape index (κ2) is 8.29. The summed E-state index contributed by atoms with van der Waals surface area (Å²) in [6, 6.07) is 4.17. The maximum absolute atomic E-state index is 12.4. The molecule has 128 valence electrons. The van der Waals surface area contributed by atoms with E-state index in [2.05, 4.69) is 18.7 Å². The molecule has 5 heteroatoms. The number of ether oxygens (including phenoxy) is 1. The van der Waals surface area contributed by atoms with E-state index < -0.39 is 12.6 Å². The van der Waals surface area contributed by atoms with Gasteiger partial charge in [-0.25, -0.2) is 4.39 Å². The Morgan fingerprint density at radius 3 is 2.39 bits per heavy atom. The van der Waals surface area contributed by atoms with Crippen LogP contribution < -0.4 is 10.5 Å². The van der Waals surface area contributed by atoms with E-state index in [0.717, 1.165) is 44.3 Å². The van der Waals surface area contributed by atoms with Gasteiger partial charge >= 0.3 is 0 Å². The van der Waals surface area contributed by atoms with Crippen LogP contribution in [0.2, 0.25) is 0 Å². The molecule has 1 unspecified atom stereocenters. The summed E-state index contributed by atoms with van der Waals surface area (Å²) in [6.45, 7) is 5.91. The zero-order valence-corrected chi connectivity index (χ0v) is 14.1. The molecular formula is C18H27FN2O2. The lowest BCUT2D eigenvalue weighted by molar-refractivity contribution is 0.0995. The predicted molar refractivity (Wildman–Crippen MR) is 89.8 cm³/mol. The third-order valence-electron chi connectivity index (χ3n) is 4.35. The fourth-order valence-corrected chi connectivity index (χ4v) is 3.40. The lowest BCUT2D eigenvalue weighted by atomic mass is 10.0. The topological polar surface area (TPSA) is 55.6 Å². The van der Waals surface area contributed by atoms with Crippen LogP contribution in [0.15, 0.2) is 12.1 Å². The molecule has 0 spiro atoms. The van der Waals surface area contributed by atoms with Gasteiger partial charge in [0, 0.05) is 6.04 Å². The fraction of sp³-hybridized carbons (Fsp3) is 0.611. The van der Waals surface area contributed by atoms with Crippen LogP contribution in [-0.2, 0) is 12.8 Å². The molecule has 1 aliphatic rings. The Bertz CT molecular complexity index is 542. The van der Waals surface area contributed by atoms with E-state index >= 15 is 0 Å². The van der Waals surface area contributed by atoms with Gasteiger partial charge in [-0.2, -0.15) is 0 Å². The van der Waals surface area contributed by atoms with Crippen molar-refractivity contribution >= 4 is 5.91 Å². The number of carbonyl (C=O) groups is 1. The van der Waals surface area contributed by atoms with Crippen LogP contribution in [0.4, 0.5) is 4.39 Å². The number of amides is 1. The first-order chi connectivity index (χ1) is 11.1. The molecule has 0 bridgehead atoms. The Morgan fingerprint density at radius 2 is 1.87 bits per heavy atom. The number of halogens is 1. The average molecular weight is 322 g/mol. The highest BCUT2D eigenvalue weighted by Crippen LogP contribution is 2.32. The minimum absolute atomic E-state index is 0.0553. The SMILES string of the molecule is CCCN(CCC)C1Cc2cc(OCCF)c(C(N)=O)cc2C1. The summed E-state index contributed by atoms with van der Waals surface area (Å²) in [6.07, 6.45) is 4.13. The molecule has 0 fully saturated rings. The highest BCUT2D eigenvalue weighted by molar-refractivity contribution is 5.96. The van der Waals surface area contributed by atoms with Gasteiger partial charge in [0.15, 0.2) is 0 Å². The second-order valence-corrected chi connectivity index (χ2v) is 6.12. The van der Waals surface area contributed by atoms with Crippen molar-refractivity contribution in [1.29, 1.82) is 0 Å². The zero-order valence-electron chi connectivity index (χ0n) is 14.1. The quantitative estimate of drug-likeness (QED) is 0.760. The largest absolute Gasteiger partial charge is 0.490 e. The predicted octanol–water partition coefficient (Wildman–Crippen LogP) is 2.72. The number of primary amides is 1. The molecule has 23 heavy (non-hydrogen) atoms. The number of nitrogens with zero attached hydrogens (tertiary/aromatic N) is 1. The number of alkyl halides is 1. The molecule has 1 aliphatic carbocycles. The van der Waals surface area contributed by atoms with E-state index in [-0.39, 0.29) is 6.61 Å². The molecule has 1 aromatic carbocycles. The number of hydrogen-bond donors (Lipinski definition) is 1. The molecule has 2 N–H and O–H groups in total. The van der Waals surface area contributed by atoms with Crippen molar-refractivity contribution in [3.63, 3.8) is 0 Å². The van der Waals surface area contributed by atoms with Crippen LogP contribution in [-0.4, -0.2) is 43.2 Å². The molecule has 0 aromatic heterocycles. The molecule has 0 saturated carbocycles. The highest BCUT2D eigenvalue weighted by Gasteiger charge is 2.28. The summed E-state index contributed by atoms with van der Waals surface area (Å²) in [5.41, 5.74) is 8.15. The summed E-state index contributed by atoms with van der Waals surface area (Å²) in [5, 5.41) is 0. The van der Waals surface area contributed by atoms with Gasteiger partial charge in [0.1, 0.15) is 19.0 Å². The third kappa shape index (κ3) is 4.22. The molecule has 1 atom stereocenters. The van der Waals surface area contributed by atoms with Gasteiger partial charge in [-0.3, -0.25) is 9.69 Å². The standard InChI is InChI=1S/C18H27FN2O2/c1-3-6-21(7-4-2)15-9-13-11-16(18(20)22)17(23-8-5-19)12-14(13)10-15/h11-12,15H,3-10H2,1-2H3,(H2,20,22). The zero-order chi connectivity index (χ0) is 16.8. The van der Waals surface area contributed by atoms with Crippen LogP contribution in [0, 0.1) is 0 Å². The number of rotatable bonds is 9. The van der Waals surface area contributed by atoms with Crippen LogP contribution in [0.3, 0.4) is 0 Å². The first kappa shape index (κ1) is 17.7. The monoisotopic (exact) mass is 322 g/mol. The first-order valence-electron chi connectivity index (χ1n) is 8.49. The number of fused-ring (bicyclic) bond motifs is 1. The van der Waals surface area contributed by atoms with Crippen molar-refractivity contribution in [2.75, 3.05) is 26.4 Å². The Balaban J connectivity index is 2.22. The summed E-state index contributed by atoms with van der Waals surface area (Å²) in [5.74, 6) is -0.115. The average Bonchev–Trinajstić information content (AvgIpc) is 2.94. The summed E-state index contributed by atoms with van der Waals surface area (Å²) in [4.78, 5) is 14.2. The Morgan fingerprint density at radius 1 is 1.26 bits per heavy atom. The number of carbonyl (C=O) groups excluding carboxylic acids is 1. The van der Waals surface area contributed by atoms with Crippen molar-refractivity contribution in [2.45, 2.75) is 45.6 Å². The van der Waals surface area contributed by atoms with Gasteiger partial charge in [-0.05, 0) is 62.0 Å². The van der Waals surface area contributed by atoms with Crippen molar-refractivity contribution in [3.8, 4) is 5.75 Å². The number of hydrogen-bond acceptors (Lipinski definition) is 3. The molecule has 0 saturated heterocycles. The number of nitrogens with two attached hydrogens (primary N) is 1. The molecule has 1 aromatic rings.